The third-order valence-corrected chi connectivity index (χ3v) is 3.20. The van der Waals surface area contributed by atoms with Crippen LogP contribution in [0.4, 0.5) is 0 Å². The van der Waals surface area contributed by atoms with Crippen molar-refractivity contribution in [1.29, 1.82) is 0 Å². The molecule has 16 heavy (non-hydrogen) atoms. The van der Waals surface area contributed by atoms with Gasteiger partial charge in [-0.15, -0.1) is 11.8 Å². The highest BCUT2D eigenvalue weighted by atomic mass is 32.2. The Labute approximate surface area is 97.7 Å². The Hall–Kier alpha value is -1.62. The molecule has 0 atom stereocenters. The first-order valence-corrected chi connectivity index (χ1v) is 5.79. The minimum Gasteiger partial charge on any atom is -0.298 e. The van der Waals surface area contributed by atoms with E-state index in [0.717, 1.165) is 22.8 Å². The highest BCUT2D eigenvalue weighted by Crippen LogP contribution is 2.21. The molecule has 4 nitrogen and oxygen atoms in total. The number of nitrogens with zero attached hydrogens (tertiary/aromatic N) is 3. The fraction of sp³-hybridized carbons (Fsp3) is 0.182. The highest BCUT2D eigenvalue weighted by molar-refractivity contribution is 7.98. The van der Waals surface area contributed by atoms with E-state index < -0.39 is 0 Å². The number of carbonyl (C=O) groups is 1. The minimum absolute atomic E-state index is 0.697. The fourth-order valence-electron chi connectivity index (χ4n) is 1.24. The smallest absolute Gasteiger partial charge is 0.150 e. The van der Waals surface area contributed by atoms with Crippen LogP contribution in [-0.4, -0.2) is 21.1 Å². The summed E-state index contributed by atoms with van der Waals surface area (Å²) in [5.41, 5.74) is 0.697. The topological polar surface area (TPSA) is 47.8 Å². The predicted octanol–water partition coefficient (Wildman–Crippen LogP) is 1.92. The average molecular weight is 233 g/mol. The molecular weight excluding hydrogens is 222 g/mol. The molecule has 0 aliphatic heterocycles. The van der Waals surface area contributed by atoms with Gasteiger partial charge in [-0.2, -0.15) is 5.10 Å². The number of benzene rings is 1. The maximum atomic E-state index is 10.5. The Kier molecular flexibility index (Phi) is 3.36. The molecule has 1 aromatic carbocycles. The fourth-order valence-corrected chi connectivity index (χ4v) is 2.13. The van der Waals surface area contributed by atoms with Crippen molar-refractivity contribution >= 4 is 18.0 Å². The summed E-state index contributed by atoms with van der Waals surface area (Å²) < 4.78 is 1.76. The molecular formula is C11H11N3OS. The standard InChI is InChI=1S/C11H11N3OS/c1-14-11(12-8-13-14)7-16-10-4-2-9(6-15)3-5-10/h2-6,8H,7H2,1H3. The lowest BCUT2D eigenvalue weighted by molar-refractivity contribution is 0.112. The van der Waals surface area contributed by atoms with Crippen LogP contribution in [-0.2, 0) is 12.8 Å². The van der Waals surface area contributed by atoms with Gasteiger partial charge in [0.2, 0.25) is 0 Å². The van der Waals surface area contributed by atoms with Gasteiger partial charge in [-0.25, -0.2) is 4.98 Å². The van der Waals surface area contributed by atoms with Crippen LogP contribution >= 0.6 is 11.8 Å². The van der Waals surface area contributed by atoms with E-state index in [1.807, 2.05) is 31.3 Å². The number of rotatable bonds is 4. The van der Waals surface area contributed by atoms with Gasteiger partial charge in [0.15, 0.2) is 0 Å². The van der Waals surface area contributed by atoms with Crippen LogP contribution in [0, 0.1) is 0 Å². The van der Waals surface area contributed by atoms with Gasteiger partial charge in [0, 0.05) is 17.5 Å². The lowest BCUT2D eigenvalue weighted by Gasteiger charge is -2.01. The lowest BCUT2D eigenvalue weighted by atomic mass is 10.2. The molecule has 0 aliphatic carbocycles. The summed E-state index contributed by atoms with van der Waals surface area (Å²) >= 11 is 1.67. The molecule has 82 valence electrons. The SMILES string of the molecule is Cn1ncnc1CSc1ccc(C=O)cc1. The summed E-state index contributed by atoms with van der Waals surface area (Å²) in [7, 11) is 1.87. The van der Waals surface area contributed by atoms with Crippen molar-refractivity contribution < 1.29 is 4.79 Å². The molecule has 0 aliphatic rings. The molecule has 2 aromatic rings. The largest absolute Gasteiger partial charge is 0.298 e. The second-order valence-corrected chi connectivity index (χ2v) is 4.32. The average Bonchev–Trinajstić information content (AvgIpc) is 2.73. The van der Waals surface area contributed by atoms with E-state index in [-0.39, 0.29) is 0 Å². The van der Waals surface area contributed by atoms with E-state index in [4.69, 9.17) is 0 Å². The number of aryl methyl sites for hydroxylation is 1. The van der Waals surface area contributed by atoms with Gasteiger partial charge in [-0.05, 0) is 12.1 Å². The van der Waals surface area contributed by atoms with E-state index in [1.54, 1.807) is 22.8 Å². The van der Waals surface area contributed by atoms with Crippen LogP contribution in [0.5, 0.6) is 0 Å². The molecule has 0 amide bonds. The number of aldehydes is 1. The first-order chi connectivity index (χ1) is 7.79. The molecule has 0 saturated heterocycles. The van der Waals surface area contributed by atoms with Crippen molar-refractivity contribution in [1.82, 2.24) is 14.8 Å². The van der Waals surface area contributed by atoms with E-state index in [0.29, 0.717) is 5.56 Å². The summed E-state index contributed by atoms with van der Waals surface area (Å²) in [6, 6.07) is 7.49. The number of carbonyl (C=O) groups excluding carboxylic acids is 1. The predicted molar refractivity (Wildman–Crippen MR) is 62.4 cm³/mol. The molecule has 1 aromatic heterocycles. The minimum atomic E-state index is 0.697. The van der Waals surface area contributed by atoms with Gasteiger partial charge in [0.25, 0.3) is 0 Å². The third kappa shape index (κ3) is 2.49. The van der Waals surface area contributed by atoms with Gasteiger partial charge < -0.3 is 0 Å². The Morgan fingerprint density at radius 1 is 1.38 bits per heavy atom. The number of hydrogen-bond donors (Lipinski definition) is 0. The molecule has 0 fully saturated rings. The zero-order valence-electron chi connectivity index (χ0n) is 8.83. The van der Waals surface area contributed by atoms with Crippen LogP contribution in [0.1, 0.15) is 16.2 Å². The zero-order valence-corrected chi connectivity index (χ0v) is 9.65. The first kappa shape index (κ1) is 10.9. The van der Waals surface area contributed by atoms with Gasteiger partial charge in [0.1, 0.15) is 18.4 Å². The molecule has 0 saturated carbocycles. The lowest BCUT2D eigenvalue weighted by Crippen LogP contribution is -1.97. The Morgan fingerprint density at radius 2 is 2.12 bits per heavy atom. The maximum Gasteiger partial charge on any atom is 0.150 e. The monoisotopic (exact) mass is 233 g/mol. The zero-order chi connectivity index (χ0) is 11.4. The second-order valence-electron chi connectivity index (χ2n) is 3.28. The van der Waals surface area contributed by atoms with Crippen molar-refractivity contribution in [2.24, 2.45) is 7.05 Å². The van der Waals surface area contributed by atoms with Crippen molar-refractivity contribution in [3.63, 3.8) is 0 Å². The molecule has 0 bridgehead atoms. The summed E-state index contributed by atoms with van der Waals surface area (Å²) in [5, 5.41) is 4.00. The van der Waals surface area contributed by atoms with Gasteiger partial charge >= 0.3 is 0 Å². The van der Waals surface area contributed by atoms with E-state index in [9.17, 15) is 4.79 Å². The van der Waals surface area contributed by atoms with Gasteiger partial charge in [0.05, 0.1) is 5.75 Å². The van der Waals surface area contributed by atoms with Crippen LogP contribution in [0.25, 0.3) is 0 Å². The van der Waals surface area contributed by atoms with Crippen molar-refractivity contribution in [3.8, 4) is 0 Å². The maximum absolute atomic E-state index is 10.5. The van der Waals surface area contributed by atoms with Crippen LogP contribution in [0.3, 0.4) is 0 Å². The van der Waals surface area contributed by atoms with Crippen LogP contribution < -0.4 is 0 Å². The number of thioether (sulfide) groups is 1. The van der Waals surface area contributed by atoms with E-state index in [1.165, 1.54) is 0 Å². The Bertz CT molecular complexity index is 478. The quantitative estimate of drug-likeness (QED) is 0.598. The van der Waals surface area contributed by atoms with Crippen LogP contribution in [0.15, 0.2) is 35.5 Å². The summed E-state index contributed by atoms with van der Waals surface area (Å²) in [4.78, 5) is 15.7. The molecule has 1 heterocycles. The Morgan fingerprint density at radius 3 is 2.69 bits per heavy atom. The first-order valence-electron chi connectivity index (χ1n) is 4.80. The van der Waals surface area contributed by atoms with Crippen molar-refractivity contribution in [2.75, 3.05) is 0 Å². The van der Waals surface area contributed by atoms with Gasteiger partial charge in [-0.1, -0.05) is 12.1 Å². The van der Waals surface area contributed by atoms with Crippen molar-refractivity contribution in [3.05, 3.63) is 42.0 Å². The van der Waals surface area contributed by atoms with Crippen molar-refractivity contribution in [2.45, 2.75) is 10.6 Å². The van der Waals surface area contributed by atoms with E-state index >= 15 is 0 Å². The molecule has 2 rings (SSSR count). The third-order valence-electron chi connectivity index (χ3n) is 2.19. The molecule has 0 spiro atoms. The van der Waals surface area contributed by atoms with E-state index in [2.05, 4.69) is 10.1 Å². The Balaban J connectivity index is 1.99. The summed E-state index contributed by atoms with van der Waals surface area (Å²) in [6.07, 6.45) is 2.39. The molecule has 0 N–H and O–H groups in total. The van der Waals surface area contributed by atoms with Gasteiger partial charge in [-0.3, -0.25) is 9.48 Å². The number of hydrogen-bond acceptors (Lipinski definition) is 4. The molecule has 0 unspecified atom stereocenters. The number of aromatic nitrogens is 3. The second kappa shape index (κ2) is 4.94. The molecule has 0 radical (unpaired) electrons. The summed E-state index contributed by atoms with van der Waals surface area (Å²) in [6.45, 7) is 0. The normalized spacial score (nSPS) is 10.3. The summed E-state index contributed by atoms with van der Waals surface area (Å²) in [5.74, 6) is 1.71. The van der Waals surface area contributed by atoms with Crippen LogP contribution in [0.2, 0.25) is 0 Å². The highest BCUT2D eigenvalue weighted by Gasteiger charge is 2.01. The molecule has 5 heteroatoms.